The highest BCUT2D eigenvalue weighted by atomic mass is 79.9. The van der Waals surface area contributed by atoms with Crippen molar-refractivity contribution in [2.75, 3.05) is 26.7 Å². The van der Waals surface area contributed by atoms with Gasteiger partial charge in [-0.15, -0.1) is 0 Å². The Morgan fingerprint density at radius 2 is 2.36 bits per heavy atom. The number of rotatable bonds is 4. The van der Waals surface area contributed by atoms with Crippen LogP contribution in [-0.2, 0) is 0 Å². The summed E-state index contributed by atoms with van der Waals surface area (Å²) in [6, 6.07) is 7.83. The van der Waals surface area contributed by atoms with E-state index in [-0.39, 0.29) is 12.1 Å². The highest BCUT2D eigenvalue weighted by Crippen LogP contribution is 2.25. The van der Waals surface area contributed by atoms with Crippen molar-refractivity contribution < 1.29 is 9.26 Å². The third-order valence-corrected chi connectivity index (χ3v) is 4.22. The first-order valence-electron chi connectivity index (χ1n) is 7.30. The first-order valence-corrected chi connectivity index (χ1v) is 8.09. The standard InChI is InChI=1S/C15H19BrN4O2/c1-10(21-12-5-3-4-11(16)8-12)15-18-14(19-22-15)13-9-17-6-7-20(13)2/h3-5,8,10,13,17H,6-7,9H2,1-2H3. The van der Waals surface area contributed by atoms with E-state index in [1.54, 1.807) is 0 Å². The normalized spacial score (nSPS) is 20.8. The molecule has 0 amide bonds. The van der Waals surface area contributed by atoms with E-state index >= 15 is 0 Å². The third-order valence-electron chi connectivity index (χ3n) is 3.72. The van der Waals surface area contributed by atoms with E-state index in [4.69, 9.17) is 9.26 Å². The molecule has 1 N–H and O–H groups in total. The molecule has 0 aliphatic carbocycles. The summed E-state index contributed by atoms with van der Waals surface area (Å²) in [7, 11) is 2.07. The topological polar surface area (TPSA) is 63.4 Å². The first kappa shape index (κ1) is 15.5. The fourth-order valence-electron chi connectivity index (χ4n) is 2.44. The van der Waals surface area contributed by atoms with Gasteiger partial charge >= 0.3 is 0 Å². The Bertz CT molecular complexity index is 634. The van der Waals surface area contributed by atoms with Crippen LogP contribution in [0.25, 0.3) is 0 Å². The number of hydrogen-bond acceptors (Lipinski definition) is 6. The lowest BCUT2D eigenvalue weighted by molar-refractivity contribution is 0.173. The maximum atomic E-state index is 5.85. The fraction of sp³-hybridized carbons (Fsp3) is 0.467. The van der Waals surface area contributed by atoms with Crippen molar-refractivity contribution in [2.24, 2.45) is 0 Å². The van der Waals surface area contributed by atoms with Crippen LogP contribution in [0.15, 0.2) is 33.3 Å². The van der Waals surface area contributed by atoms with E-state index in [1.807, 2.05) is 31.2 Å². The highest BCUT2D eigenvalue weighted by molar-refractivity contribution is 9.10. The number of hydrogen-bond donors (Lipinski definition) is 1. The van der Waals surface area contributed by atoms with Gasteiger partial charge in [-0.1, -0.05) is 27.2 Å². The van der Waals surface area contributed by atoms with Crippen LogP contribution in [0.4, 0.5) is 0 Å². The molecule has 2 heterocycles. The summed E-state index contributed by atoms with van der Waals surface area (Å²) in [5.41, 5.74) is 0. The van der Waals surface area contributed by atoms with Gasteiger partial charge in [0.2, 0.25) is 0 Å². The molecule has 1 fully saturated rings. The SMILES string of the molecule is CC(Oc1cccc(Br)c1)c1nc(C2CNCCN2C)no1. The van der Waals surface area contributed by atoms with Gasteiger partial charge in [-0.2, -0.15) is 4.98 Å². The predicted octanol–water partition coefficient (Wildman–Crippen LogP) is 2.55. The zero-order valence-corrected chi connectivity index (χ0v) is 14.2. The van der Waals surface area contributed by atoms with E-state index in [2.05, 4.69) is 43.3 Å². The van der Waals surface area contributed by atoms with Gasteiger partial charge in [0.05, 0.1) is 6.04 Å². The Morgan fingerprint density at radius 1 is 1.50 bits per heavy atom. The van der Waals surface area contributed by atoms with Crippen LogP contribution in [0.3, 0.4) is 0 Å². The molecule has 0 saturated carbocycles. The molecule has 1 aliphatic heterocycles. The molecule has 1 aromatic heterocycles. The van der Waals surface area contributed by atoms with Gasteiger partial charge in [-0.3, -0.25) is 4.90 Å². The Morgan fingerprint density at radius 3 is 3.14 bits per heavy atom. The average molecular weight is 367 g/mol. The average Bonchev–Trinajstić information content (AvgIpc) is 2.97. The Labute approximate surface area is 138 Å². The number of ether oxygens (including phenoxy) is 1. The highest BCUT2D eigenvalue weighted by Gasteiger charge is 2.26. The molecule has 2 atom stereocenters. The number of nitrogens with zero attached hydrogens (tertiary/aromatic N) is 3. The number of benzene rings is 1. The summed E-state index contributed by atoms with van der Waals surface area (Å²) in [6.07, 6.45) is -0.294. The molecule has 2 unspecified atom stereocenters. The van der Waals surface area contributed by atoms with Gasteiger partial charge in [0.25, 0.3) is 5.89 Å². The van der Waals surface area contributed by atoms with Crippen molar-refractivity contribution in [2.45, 2.75) is 19.1 Å². The second-order valence-electron chi connectivity index (χ2n) is 5.41. The van der Waals surface area contributed by atoms with Crippen LogP contribution >= 0.6 is 15.9 Å². The maximum absolute atomic E-state index is 5.85. The number of likely N-dealkylation sites (N-methyl/N-ethyl adjacent to an activating group) is 1. The third kappa shape index (κ3) is 3.48. The molecule has 7 heteroatoms. The number of piperazine rings is 1. The molecule has 2 aromatic rings. The molecule has 0 spiro atoms. The minimum atomic E-state index is -0.294. The van der Waals surface area contributed by atoms with Gasteiger partial charge in [0, 0.05) is 24.1 Å². The van der Waals surface area contributed by atoms with Crippen molar-refractivity contribution in [3.8, 4) is 5.75 Å². The summed E-state index contributed by atoms with van der Waals surface area (Å²) >= 11 is 3.43. The molecular formula is C15H19BrN4O2. The molecule has 0 bridgehead atoms. The quantitative estimate of drug-likeness (QED) is 0.896. The second kappa shape index (κ2) is 6.76. The Balaban J connectivity index is 1.70. The van der Waals surface area contributed by atoms with Crippen LogP contribution in [0.2, 0.25) is 0 Å². The maximum Gasteiger partial charge on any atom is 0.267 e. The molecule has 1 saturated heterocycles. The zero-order valence-electron chi connectivity index (χ0n) is 12.6. The van der Waals surface area contributed by atoms with Crippen molar-refractivity contribution in [3.63, 3.8) is 0 Å². The van der Waals surface area contributed by atoms with Crippen molar-refractivity contribution in [1.29, 1.82) is 0 Å². The first-order chi connectivity index (χ1) is 10.6. The molecule has 1 aliphatic rings. The molecule has 3 rings (SSSR count). The largest absolute Gasteiger partial charge is 0.481 e. The van der Waals surface area contributed by atoms with Gasteiger partial charge in [-0.25, -0.2) is 0 Å². The lowest BCUT2D eigenvalue weighted by atomic mass is 10.2. The van der Waals surface area contributed by atoms with Crippen LogP contribution in [0, 0.1) is 0 Å². The minimum absolute atomic E-state index is 0.143. The molecule has 22 heavy (non-hydrogen) atoms. The van der Waals surface area contributed by atoms with Crippen LogP contribution < -0.4 is 10.1 Å². The van der Waals surface area contributed by atoms with Crippen molar-refractivity contribution in [3.05, 3.63) is 40.5 Å². The second-order valence-corrected chi connectivity index (χ2v) is 6.32. The summed E-state index contributed by atoms with van der Waals surface area (Å²) in [6.45, 7) is 4.69. The van der Waals surface area contributed by atoms with Crippen molar-refractivity contribution >= 4 is 15.9 Å². The molecule has 118 valence electrons. The smallest absolute Gasteiger partial charge is 0.267 e. The van der Waals surface area contributed by atoms with Gasteiger partial charge < -0.3 is 14.6 Å². The molecule has 1 aromatic carbocycles. The van der Waals surface area contributed by atoms with E-state index < -0.39 is 0 Å². The minimum Gasteiger partial charge on any atom is -0.481 e. The number of halogens is 1. The summed E-state index contributed by atoms with van der Waals surface area (Å²) in [5.74, 6) is 1.96. The van der Waals surface area contributed by atoms with E-state index in [1.165, 1.54) is 0 Å². The monoisotopic (exact) mass is 366 g/mol. The van der Waals surface area contributed by atoms with E-state index in [0.29, 0.717) is 11.7 Å². The van der Waals surface area contributed by atoms with Crippen LogP contribution in [0.5, 0.6) is 5.75 Å². The Hall–Kier alpha value is -1.44. The Kier molecular flexibility index (Phi) is 4.75. The summed E-state index contributed by atoms with van der Waals surface area (Å²) in [4.78, 5) is 6.73. The molecule has 6 nitrogen and oxygen atoms in total. The van der Waals surface area contributed by atoms with Crippen LogP contribution in [-0.4, -0.2) is 41.7 Å². The molecule has 0 radical (unpaired) electrons. The van der Waals surface area contributed by atoms with E-state index in [0.717, 1.165) is 29.9 Å². The van der Waals surface area contributed by atoms with Gasteiger partial charge in [0.15, 0.2) is 11.9 Å². The lowest BCUT2D eigenvalue weighted by Crippen LogP contribution is -2.44. The summed E-state index contributed by atoms with van der Waals surface area (Å²) in [5, 5.41) is 7.46. The zero-order chi connectivity index (χ0) is 15.5. The fourth-order valence-corrected chi connectivity index (χ4v) is 2.82. The lowest BCUT2D eigenvalue weighted by Gasteiger charge is -2.30. The number of nitrogens with one attached hydrogen (secondary N) is 1. The van der Waals surface area contributed by atoms with Gasteiger partial charge in [-0.05, 0) is 32.2 Å². The molecular weight excluding hydrogens is 348 g/mol. The predicted molar refractivity (Wildman–Crippen MR) is 85.7 cm³/mol. The summed E-state index contributed by atoms with van der Waals surface area (Å²) < 4.78 is 12.2. The van der Waals surface area contributed by atoms with Crippen LogP contribution in [0.1, 0.15) is 30.8 Å². The van der Waals surface area contributed by atoms with E-state index in [9.17, 15) is 0 Å². The van der Waals surface area contributed by atoms with Gasteiger partial charge in [0.1, 0.15) is 5.75 Å². The van der Waals surface area contributed by atoms with Crippen molar-refractivity contribution in [1.82, 2.24) is 20.4 Å². The number of aromatic nitrogens is 2.